The molecule has 0 atom stereocenters. The molecule has 0 fully saturated rings. The maximum absolute atomic E-state index is 12.4. The maximum Gasteiger partial charge on any atom is 0.256 e. The van der Waals surface area contributed by atoms with Crippen molar-refractivity contribution in [3.05, 3.63) is 61.6 Å². The zero-order chi connectivity index (χ0) is 17.0. The molecule has 2 aromatic carbocycles. The van der Waals surface area contributed by atoms with Crippen LogP contribution in [0.2, 0.25) is 0 Å². The number of hydrogen-bond acceptors (Lipinski definition) is 2. The molecular formula is C17H16BrIN2O2. The molecule has 2 aromatic rings. The van der Waals surface area contributed by atoms with Gasteiger partial charge in [-0.1, -0.05) is 28.1 Å². The molecule has 0 saturated heterocycles. The lowest BCUT2D eigenvalue weighted by atomic mass is 10.1. The van der Waals surface area contributed by atoms with Gasteiger partial charge in [-0.05, 0) is 58.5 Å². The Balaban J connectivity index is 2.15. The fourth-order valence-electron chi connectivity index (χ4n) is 2.00. The van der Waals surface area contributed by atoms with Crippen molar-refractivity contribution in [1.82, 2.24) is 4.90 Å². The normalized spacial score (nSPS) is 10.3. The summed E-state index contributed by atoms with van der Waals surface area (Å²) >= 11 is 5.52. The summed E-state index contributed by atoms with van der Waals surface area (Å²) in [6.45, 7) is 2.04. The van der Waals surface area contributed by atoms with Gasteiger partial charge >= 0.3 is 0 Å². The van der Waals surface area contributed by atoms with Crippen LogP contribution in [0.1, 0.15) is 22.8 Å². The molecule has 2 rings (SSSR count). The Labute approximate surface area is 157 Å². The highest BCUT2D eigenvalue weighted by Crippen LogP contribution is 2.20. The van der Waals surface area contributed by atoms with Gasteiger partial charge < -0.3 is 10.2 Å². The van der Waals surface area contributed by atoms with Gasteiger partial charge in [-0.2, -0.15) is 0 Å². The van der Waals surface area contributed by atoms with Crippen molar-refractivity contribution in [2.24, 2.45) is 0 Å². The number of hydrogen-bond donors (Lipinski definition) is 1. The average Bonchev–Trinajstić information content (AvgIpc) is 2.49. The first kappa shape index (κ1) is 17.9. The van der Waals surface area contributed by atoms with Gasteiger partial charge in [-0.25, -0.2) is 0 Å². The third-order valence-corrected chi connectivity index (χ3v) is 4.75. The van der Waals surface area contributed by atoms with Crippen LogP contribution in [0.25, 0.3) is 0 Å². The summed E-state index contributed by atoms with van der Waals surface area (Å²) in [5.74, 6) is -0.157. The van der Waals surface area contributed by atoms with Gasteiger partial charge in [0.15, 0.2) is 0 Å². The van der Waals surface area contributed by atoms with Crippen molar-refractivity contribution in [2.75, 3.05) is 12.4 Å². The smallest absolute Gasteiger partial charge is 0.256 e. The predicted molar refractivity (Wildman–Crippen MR) is 103 cm³/mol. The van der Waals surface area contributed by atoms with E-state index in [1.807, 2.05) is 36.4 Å². The number of carbonyl (C=O) groups excluding carboxylic acids is 2. The molecule has 0 saturated carbocycles. The van der Waals surface area contributed by atoms with Crippen LogP contribution in [0.3, 0.4) is 0 Å². The lowest BCUT2D eigenvalue weighted by Gasteiger charge is -2.15. The zero-order valence-electron chi connectivity index (χ0n) is 12.8. The number of rotatable bonds is 4. The van der Waals surface area contributed by atoms with Gasteiger partial charge in [0, 0.05) is 34.2 Å². The average molecular weight is 487 g/mol. The number of nitrogens with zero attached hydrogens (tertiary/aromatic N) is 1. The summed E-state index contributed by atoms with van der Waals surface area (Å²) in [4.78, 5) is 25.4. The fraction of sp³-hybridized carbons (Fsp3) is 0.176. The number of anilines is 1. The van der Waals surface area contributed by atoms with Crippen LogP contribution in [0.15, 0.2) is 46.9 Å². The van der Waals surface area contributed by atoms with E-state index in [9.17, 15) is 9.59 Å². The molecule has 0 unspecified atom stereocenters. The first-order valence-electron chi connectivity index (χ1n) is 6.94. The summed E-state index contributed by atoms with van der Waals surface area (Å²) in [5, 5.41) is 2.90. The summed E-state index contributed by atoms with van der Waals surface area (Å²) in [6, 6.07) is 13.1. The first-order chi connectivity index (χ1) is 10.9. The summed E-state index contributed by atoms with van der Waals surface area (Å²) < 4.78 is 1.75. The second-order valence-corrected chi connectivity index (χ2v) is 7.23. The highest BCUT2D eigenvalue weighted by atomic mass is 127. The standard InChI is InChI=1S/C17H16BrIN2O2/c1-11(22)21(2)10-12-4-3-5-14(8-12)20-17(23)15-9-13(18)6-7-16(15)19/h3-9H,10H2,1-2H3,(H,20,23). The van der Waals surface area contributed by atoms with Crippen molar-refractivity contribution >= 4 is 56.0 Å². The van der Waals surface area contributed by atoms with Crippen LogP contribution < -0.4 is 5.32 Å². The van der Waals surface area contributed by atoms with E-state index in [-0.39, 0.29) is 11.8 Å². The minimum absolute atomic E-state index is 0.00290. The lowest BCUT2D eigenvalue weighted by Crippen LogP contribution is -2.23. The molecule has 0 spiro atoms. The molecular weight excluding hydrogens is 471 g/mol. The van der Waals surface area contributed by atoms with E-state index in [2.05, 4.69) is 43.8 Å². The Hall–Kier alpha value is -1.41. The predicted octanol–water partition coefficient (Wildman–Crippen LogP) is 4.28. The highest BCUT2D eigenvalue weighted by molar-refractivity contribution is 14.1. The Morgan fingerprint density at radius 2 is 1.96 bits per heavy atom. The first-order valence-corrected chi connectivity index (χ1v) is 8.81. The number of halogens is 2. The molecule has 0 aliphatic carbocycles. The Bertz CT molecular complexity index is 749. The van der Waals surface area contributed by atoms with Crippen molar-refractivity contribution in [2.45, 2.75) is 13.5 Å². The van der Waals surface area contributed by atoms with E-state index in [1.54, 1.807) is 18.0 Å². The van der Waals surface area contributed by atoms with Crippen molar-refractivity contribution in [3.63, 3.8) is 0 Å². The summed E-state index contributed by atoms with van der Waals surface area (Å²) in [7, 11) is 1.75. The molecule has 0 aliphatic heterocycles. The zero-order valence-corrected chi connectivity index (χ0v) is 16.5. The second-order valence-electron chi connectivity index (χ2n) is 5.15. The Kier molecular flexibility index (Phi) is 6.17. The fourth-order valence-corrected chi connectivity index (χ4v) is 2.94. The van der Waals surface area contributed by atoms with Gasteiger partial charge in [-0.15, -0.1) is 0 Å². The number of amides is 2. The number of carbonyl (C=O) groups is 2. The topological polar surface area (TPSA) is 49.4 Å². The quantitative estimate of drug-likeness (QED) is 0.655. The van der Waals surface area contributed by atoms with Crippen LogP contribution in [0.5, 0.6) is 0 Å². The van der Waals surface area contributed by atoms with Gasteiger partial charge in [0.05, 0.1) is 5.56 Å². The minimum atomic E-state index is -0.159. The molecule has 6 heteroatoms. The molecule has 0 heterocycles. The largest absolute Gasteiger partial charge is 0.342 e. The van der Waals surface area contributed by atoms with Crippen LogP contribution in [-0.4, -0.2) is 23.8 Å². The van der Waals surface area contributed by atoms with E-state index in [1.165, 1.54) is 6.92 Å². The molecule has 0 aromatic heterocycles. The molecule has 0 bridgehead atoms. The Morgan fingerprint density at radius 3 is 2.65 bits per heavy atom. The SMILES string of the molecule is CC(=O)N(C)Cc1cccc(NC(=O)c2cc(Br)ccc2I)c1. The third kappa shape index (κ3) is 5.04. The van der Waals surface area contributed by atoms with Gasteiger partial charge in [0.1, 0.15) is 0 Å². The molecule has 2 amide bonds. The van der Waals surface area contributed by atoms with Crippen LogP contribution in [0.4, 0.5) is 5.69 Å². The molecule has 120 valence electrons. The van der Waals surface area contributed by atoms with Gasteiger partial charge in [-0.3, -0.25) is 9.59 Å². The highest BCUT2D eigenvalue weighted by Gasteiger charge is 2.11. The van der Waals surface area contributed by atoms with E-state index >= 15 is 0 Å². The monoisotopic (exact) mass is 486 g/mol. The van der Waals surface area contributed by atoms with E-state index in [0.29, 0.717) is 17.8 Å². The van der Waals surface area contributed by atoms with Crippen molar-refractivity contribution in [1.29, 1.82) is 0 Å². The summed E-state index contributed by atoms with van der Waals surface area (Å²) in [5.41, 5.74) is 2.29. The molecule has 1 N–H and O–H groups in total. The van der Waals surface area contributed by atoms with Crippen LogP contribution >= 0.6 is 38.5 Å². The van der Waals surface area contributed by atoms with E-state index in [0.717, 1.165) is 13.6 Å². The number of benzene rings is 2. The minimum Gasteiger partial charge on any atom is -0.342 e. The Morgan fingerprint density at radius 1 is 1.22 bits per heavy atom. The van der Waals surface area contributed by atoms with Crippen LogP contribution in [0, 0.1) is 3.57 Å². The van der Waals surface area contributed by atoms with Gasteiger partial charge in [0.2, 0.25) is 5.91 Å². The van der Waals surface area contributed by atoms with E-state index < -0.39 is 0 Å². The van der Waals surface area contributed by atoms with Crippen LogP contribution in [-0.2, 0) is 11.3 Å². The molecule has 4 nitrogen and oxygen atoms in total. The molecule has 0 radical (unpaired) electrons. The van der Waals surface area contributed by atoms with Crippen molar-refractivity contribution < 1.29 is 9.59 Å². The summed E-state index contributed by atoms with van der Waals surface area (Å²) in [6.07, 6.45) is 0. The lowest BCUT2D eigenvalue weighted by molar-refractivity contribution is -0.128. The second kappa shape index (κ2) is 7.92. The molecule has 0 aliphatic rings. The maximum atomic E-state index is 12.4. The number of nitrogens with one attached hydrogen (secondary N) is 1. The van der Waals surface area contributed by atoms with E-state index in [4.69, 9.17) is 0 Å². The van der Waals surface area contributed by atoms with Crippen molar-refractivity contribution in [3.8, 4) is 0 Å². The third-order valence-electron chi connectivity index (χ3n) is 3.32. The van der Waals surface area contributed by atoms with Gasteiger partial charge in [0.25, 0.3) is 5.91 Å². The molecule has 23 heavy (non-hydrogen) atoms.